The van der Waals surface area contributed by atoms with Crippen LogP contribution in [0.25, 0.3) is 78.1 Å². The van der Waals surface area contributed by atoms with Gasteiger partial charge in [-0.05, 0) is 78.5 Å². The van der Waals surface area contributed by atoms with Crippen LogP contribution >= 0.6 is 0 Å². The van der Waals surface area contributed by atoms with Crippen molar-refractivity contribution in [2.45, 2.75) is 5.41 Å². The first-order chi connectivity index (χ1) is 29.3. The Morgan fingerprint density at radius 3 is 1.37 bits per heavy atom. The molecule has 2 heteroatoms. The summed E-state index contributed by atoms with van der Waals surface area (Å²) in [6, 6.07) is 82.9. The van der Waals surface area contributed by atoms with Crippen molar-refractivity contribution >= 4 is 10.8 Å². The van der Waals surface area contributed by atoms with Crippen LogP contribution in [0.3, 0.4) is 0 Å². The van der Waals surface area contributed by atoms with Crippen LogP contribution in [0.15, 0.2) is 231 Å². The van der Waals surface area contributed by atoms with Crippen LogP contribution in [0.1, 0.15) is 22.3 Å². The maximum absolute atomic E-state index is 5.32. The molecule has 0 atom stereocenters. The summed E-state index contributed by atoms with van der Waals surface area (Å²) in [6.45, 7) is 0. The molecule has 0 bridgehead atoms. The van der Waals surface area contributed by atoms with Crippen molar-refractivity contribution in [3.05, 3.63) is 253 Å². The minimum Gasteiger partial charge on any atom is -0.228 e. The van der Waals surface area contributed by atoms with Crippen LogP contribution < -0.4 is 0 Å². The number of rotatable bonds is 7. The monoisotopic (exact) mass is 750 g/mol. The summed E-state index contributed by atoms with van der Waals surface area (Å²) in [5, 5.41) is 2.28. The van der Waals surface area contributed by atoms with Gasteiger partial charge in [0, 0.05) is 16.7 Å². The van der Waals surface area contributed by atoms with Crippen molar-refractivity contribution in [1.29, 1.82) is 0 Å². The van der Waals surface area contributed by atoms with Gasteiger partial charge in [-0.25, -0.2) is 9.97 Å². The largest absolute Gasteiger partial charge is 0.228 e. The molecule has 10 aromatic rings. The van der Waals surface area contributed by atoms with Crippen molar-refractivity contribution < 1.29 is 0 Å². The summed E-state index contributed by atoms with van der Waals surface area (Å²) < 4.78 is 0. The molecule has 11 rings (SSSR count). The highest BCUT2D eigenvalue weighted by atomic mass is 14.9. The molecule has 1 aromatic heterocycles. The van der Waals surface area contributed by atoms with Crippen LogP contribution in [0.4, 0.5) is 0 Å². The highest BCUT2D eigenvalue weighted by molar-refractivity contribution is 6.08. The molecule has 0 fully saturated rings. The van der Waals surface area contributed by atoms with Crippen molar-refractivity contribution in [2.75, 3.05) is 0 Å². The smallest absolute Gasteiger partial charge is 0.161 e. The van der Waals surface area contributed by atoms with Crippen LogP contribution in [0.5, 0.6) is 0 Å². The Kier molecular flexibility index (Phi) is 8.41. The van der Waals surface area contributed by atoms with E-state index in [4.69, 9.17) is 9.97 Å². The van der Waals surface area contributed by atoms with Gasteiger partial charge < -0.3 is 0 Å². The molecule has 2 nitrogen and oxygen atoms in total. The van der Waals surface area contributed by atoms with E-state index < -0.39 is 5.41 Å². The molecule has 0 amide bonds. The van der Waals surface area contributed by atoms with Gasteiger partial charge in [-0.15, -0.1) is 0 Å². The lowest BCUT2D eigenvalue weighted by molar-refractivity contribution is 0.768. The molecular formula is C57H38N2. The molecule has 276 valence electrons. The summed E-state index contributed by atoms with van der Waals surface area (Å²) in [4.78, 5) is 10.6. The van der Waals surface area contributed by atoms with E-state index in [9.17, 15) is 0 Å². The normalized spacial score (nSPS) is 12.5. The molecule has 0 saturated carbocycles. The van der Waals surface area contributed by atoms with E-state index in [-0.39, 0.29) is 0 Å². The van der Waals surface area contributed by atoms with Gasteiger partial charge in [-0.3, -0.25) is 0 Å². The van der Waals surface area contributed by atoms with Crippen LogP contribution in [-0.4, -0.2) is 9.97 Å². The molecule has 59 heavy (non-hydrogen) atoms. The van der Waals surface area contributed by atoms with E-state index >= 15 is 0 Å². The fraction of sp³-hybridized carbons (Fsp3) is 0.0175. The maximum atomic E-state index is 5.32. The summed E-state index contributed by atoms with van der Waals surface area (Å²) in [6.07, 6.45) is 0. The summed E-state index contributed by atoms with van der Waals surface area (Å²) in [5.41, 5.74) is 16.8. The van der Waals surface area contributed by atoms with Gasteiger partial charge in [-0.1, -0.05) is 218 Å². The molecule has 1 aliphatic carbocycles. The third-order valence-electron chi connectivity index (χ3n) is 12.0. The Hall–Kier alpha value is -7.68. The number of aromatic nitrogens is 2. The Morgan fingerprint density at radius 1 is 0.288 bits per heavy atom. The van der Waals surface area contributed by atoms with Gasteiger partial charge >= 0.3 is 0 Å². The zero-order valence-corrected chi connectivity index (χ0v) is 32.3. The Balaban J connectivity index is 1.11. The molecular weight excluding hydrogens is 713 g/mol. The van der Waals surface area contributed by atoms with E-state index in [1.54, 1.807) is 0 Å². The number of nitrogens with zero attached hydrogens (tertiary/aromatic N) is 2. The van der Waals surface area contributed by atoms with Gasteiger partial charge in [0.25, 0.3) is 0 Å². The predicted octanol–water partition coefficient (Wildman–Crippen LogP) is 14.3. The molecule has 0 N–H and O–H groups in total. The first kappa shape index (κ1) is 34.6. The summed E-state index contributed by atoms with van der Waals surface area (Å²) in [5.74, 6) is 0.701. The lowest BCUT2D eigenvalue weighted by Gasteiger charge is -2.34. The average Bonchev–Trinajstić information content (AvgIpc) is 3.63. The second kappa shape index (κ2) is 14.4. The van der Waals surface area contributed by atoms with Crippen molar-refractivity contribution in [1.82, 2.24) is 9.97 Å². The molecule has 0 aliphatic heterocycles. The second-order valence-electron chi connectivity index (χ2n) is 15.2. The predicted molar refractivity (Wildman–Crippen MR) is 244 cm³/mol. The summed E-state index contributed by atoms with van der Waals surface area (Å²) >= 11 is 0. The van der Waals surface area contributed by atoms with Crippen molar-refractivity contribution in [2.24, 2.45) is 0 Å². The molecule has 0 unspecified atom stereocenters. The Morgan fingerprint density at radius 2 is 0.729 bits per heavy atom. The average molecular weight is 751 g/mol. The number of hydrogen-bond acceptors (Lipinski definition) is 2. The SMILES string of the molecule is c1ccc(-c2ccc(-c3cc(-c4ccccc4)nc(-c4ccc(-c5cccc6c5-c5ccccc5C6(c5ccccc5)c5ccccc5)c5ccccc45)n3)cc2)cc1. The molecule has 0 spiro atoms. The van der Waals surface area contributed by atoms with Gasteiger partial charge in [0.1, 0.15) is 0 Å². The fourth-order valence-electron chi connectivity index (χ4n) is 9.38. The lowest BCUT2D eigenvalue weighted by Crippen LogP contribution is -2.28. The highest BCUT2D eigenvalue weighted by Gasteiger charge is 2.46. The Bertz CT molecular complexity index is 3080. The Labute approximate surface area is 344 Å². The minimum absolute atomic E-state index is 0.471. The minimum atomic E-state index is -0.471. The van der Waals surface area contributed by atoms with Crippen molar-refractivity contribution in [3.8, 4) is 67.3 Å². The van der Waals surface area contributed by atoms with E-state index in [2.05, 4.69) is 224 Å². The molecule has 0 radical (unpaired) electrons. The maximum Gasteiger partial charge on any atom is 0.161 e. The number of fused-ring (bicyclic) bond motifs is 4. The van der Waals surface area contributed by atoms with E-state index in [1.165, 1.54) is 55.6 Å². The van der Waals surface area contributed by atoms with E-state index in [0.717, 1.165) is 38.9 Å². The third-order valence-corrected chi connectivity index (χ3v) is 12.0. The van der Waals surface area contributed by atoms with Gasteiger partial charge in [-0.2, -0.15) is 0 Å². The summed E-state index contributed by atoms with van der Waals surface area (Å²) in [7, 11) is 0. The first-order valence-corrected chi connectivity index (χ1v) is 20.2. The first-order valence-electron chi connectivity index (χ1n) is 20.2. The van der Waals surface area contributed by atoms with Crippen LogP contribution in [-0.2, 0) is 5.41 Å². The van der Waals surface area contributed by atoms with Crippen LogP contribution in [0, 0.1) is 0 Å². The van der Waals surface area contributed by atoms with Gasteiger partial charge in [0.05, 0.1) is 16.8 Å². The van der Waals surface area contributed by atoms with Gasteiger partial charge in [0.15, 0.2) is 5.82 Å². The zero-order chi connectivity index (χ0) is 39.2. The standard InChI is InChI=1S/C57H38N2/c1-5-18-39(19-6-1)40-32-34-42(35-33-40)54-38-53(41-20-7-2-8-21-41)58-56(59-54)49-37-36-47(45-26-13-14-27-46(45)49)48-29-17-31-52-55(48)50-28-15-16-30-51(50)57(52,43-22-9-3-10-23-43)44-24-11-4-12-25-44/h1-38H. The van der Waals surface area contributed by atoms with Crippen LogP contribution in [0.2, 0.25) is 0 Å². The zero-order valence-electron chi connectivity index (χ0n) is 32.3. The topological polar surface area (TPSA) is 25.8 Å². The van der Waals surface area contributed by atoms with E-state index in [0.29, 0.717) is 5.82 Å². The third kappa shape index (κ3) is 5.72. The molecule has 0 saturated heterocycles. The highest BCUT2D eigenvalue weighted by Crippen LogP contribution is 2.58. The number of hydrogen-bond donors (Lipinski definition) is 0. The number of benzene rings is 9. The molecule has 1 heterocycles. The second-order valence-corrected chi connectivity index (χ2v) is 15.2. The van der Waals surface area contributed by atoms with Gasteiger partial charge in [0.2, 0.25) is 0 Å². The molecule has 9 aromatic carbocycles. The molecule has 1 aliphatic rings. The fourth-order valence-corrected chi connectivity index (χ4v) is 9.38. The quantitative estimate of drug-likeness (QED) is 0.162. The van der Waals surface area contributed by atoms with E-state index in [1.807, 2.05) is 6.07 Å². The van der Waals surface area contributed by atoms with Crippen molar-refractivity contribution in [3.63, 3.8) is 0 Å². The lowest BCUT2D eigenvalue weighted by atomic mass is 9.67.